The summed E-state index contributed by atoms with van der Waals surface area (Å²) in [5.41, 5.74) is -0.136. The van der Waals surface area contributed by atoms with Crippen LogP contribution in [0.5, 0.6) is 0 Å². The van der Waals surface area contributed by atoms with E-state index in [0.717, 1.165) is 30.6 Å². The fourth-order valence-corrected chi connectivity index (χ4v) is 4.89. The van der Waals surface area contributed by atoms with Crippen LogP contribution in [0, 0.1) is 34.5 Å². The van der Waals surface area contributed by atoms with Crippen LogP contribution < -0.4 is 0 Å². The first kappa shape index (κ1) is 17.6. The van der Waals surface area contributed by atoms with Crippen molar-refractivity contribution in [2.75, 3.05) is 0 Å². The van der Waals surface area contributed by atoms with Gasteiger partial charge in [0.25, 0.3) is 0 Å². The van der Waals surface area contributed by atoms with Gasteiger partial charge in [0.05, 0.1) is 11.5 Å². The molecule has 2 aliphatic rings. The molecule has 0 aromatic rings. The Morgan fingerprint density at radius 1 is 1.00 bits per heavy atom. The maximum atomic E-state index is 9.51. The van der Waals surface area contributed by atoms with Crippen LogP contribution in [-0.2, 0) is 0 Å². The number of hydrogen-bond donors (Lipinski definition) is 0. The molecular formula is C21H35N. The third kappa shape index (κ3) is 4.61. The van der Waals surface area contributed by atoms with Crippen molar-refractivity contribution in [2.45, 2.75) is 90.9 Å². The Balaban J connectivity index is 1.74. The van der Waals surface area contributed by atoms with E-state index in [9.17, 15) is 5.26 Å². The van der Waals surface area contributed by atoms with Gasteiger partial charge in [-0.15, -0.1) is 0 Å². The number of nitrogens with zero attached hydrogens (tertiary/aromatic N) is 1. The number of hydrogen-bond acceptors (Lipinski definition) is 1. The van der Waals surface area contributed by atoms with Crippen LogP contribution in [0.3, 0.4) is 0 Å². The molecule has 1 heteroatoms. The highest BCUT2D eigenvalue weighted by Crippen LogP contribution is 2.46. The van der Waals surface area contributed by atoms with Gasteiger partial charge in [-0.3, -0.25) is 0 Å². The normalized spacial score (nSPS) is 36.3. The van der Waals surface area contributed by atoms with Gasteiger partial charge in [0.15, 0.2) is 0 Å². The van der Waals surface area contributed by atoms with Crippen molar-refractivity contribution < 1.29 is 0 Å². The minimum atomic E-state index is -0.136. The molecule has 0 heterocycles. The highest BCUT2D eigenvalue weighted by atomic mass is 14.4. The monoisotopic (exact) mass is 301 g/mol. The van der Waals surface area contributed by atoms with Crippen LogP contribution in [0.1, 0.15) is 90.9 Å². The molecule has 0 aliphatic heterocycles. The molecule has 0 atom stereocenters. The first-order chi connectivity index (χ1) is 10.7. The molecule has 124 valence electrons. The maximum Gasteiger partial charge on any atom is 0.0753 e. The van der Waals surface area contributed by atoms with Crippen molar-refractivity contribution >= 4 is 0 Å². The minimum Gasteiger partial charge on any atom is -0.197 e. The zero-order chi connectivity index (χ0) is 15.8. The number of unbranched alkanes of at least 4 members (excludes halogenated alkanes) is 2. The van der Waals surface area contributed by atoms with E-state index in [0.29, 0.717) is 0 Å². The van der Waals surface area contributed by atoms with Crippen molar-refractivity contribution in [3.63, 3.8) is 0 Å². The third-order valence-electron chi connectivity index (χ3n) is 6.40. The second-order valence-corrected chi connectivity index (χ2v) is 7.88. The molecule has 0 N–H and O–H groups in total. The average Bonchev–Trinajstić information content (AvgIpc) is 2.57. The standard InChI is InChI=1S/C21H35N/c1-3-5-6-7-18-8-10-19(11-9-18)20-12-15-21(17-22,14-4-2)16-13-20/h4,14,18-20H,3,5-13,15-16H2,1-2H3. The minimum absolute atomic E-state index is 0.136. The van der Waals surface area contributed by atoms with E-state index in [4.69, 9.17) is 0 Å². The maximum absolute atomic E-state index is 9.51. The summed E-state index contributed by atoms with van der Waals surface area (Å²) < 4.78 is 0. The molecule has 22 heavy (non-hydrogen) atoms. The third-order valence-corrected chi connectivity index (χ3v) is 6.40. The smallest absolute Gasteiger partial charge is 0.0753 e. The van der Waals surface area contributed by atoms with E-state index in [1.54, 1.807) is 0 Å². The van der Waals surface area contributed by atoms with Crippen LogP contribution >= 0.6 is 0 Å². The van der Waals surface area contributed by atoms with Gasteiger partial charge in [-0.25, -0.2) is 0 Å². The Morgan fingerprint density at radius 2 is 1.64 bits per heavy atom. The highest BCUT2D eigenvalue weighted by molar-refractivity contribution is 5.13. The summed E-state index contributed by atoms with van der Waals surface area (Å²) in [4.78, 5) is 0. The predicted octanol–water partition coefficient (Wildman–Crippen LogP) is 6.65. The summed E-state index contributed by atoms with van der Waals surface area (Å²) in [6, 6.07) is 2.59. The van der Waals surface area contributed by atoms with Crippen molar-refractivity contribution in [2.24, 2.45) is 23.2 Å². The Bertz CT molecular complexity index is 373. The molecule has 2 aliphatic carbocycles. The van der Waals surface area contributed by atoms with Crippen LogP contribution in [0.4, 0.5) is 0 Å². The van der Waals surface area contributed by atoms with Gasteiger partial charge in [0, 0.05) is 0 Å². The lowest BCUT2D eigenvalue weighted by atomic mass is 9.64. The van der Waals surface area contributed by atoms with Crippen molar-refractivity contribution in [1.82, 2.24) is 0 Å². The number of nitriles is 1. The zero-order valence-electron chi connectivity index (χ0n) is 14.8. The van der Waals surface area contributed by atoms with Crippen LogP contribution in [-0.4, -0.2) is 0 Å². The molecule has 0 saturated heterocycles. The number of allylic oxidation sites excluding steroid dienone is 2. The Hall–Kier alpha value is -0.770. The zero-order valence-corrected chi connectivity index (χ0v) is 14.8. The van der Waals surface area contributed by atoms with Gasteiger partial charge < -0.3 is 0 Å². The quantitative estimate of drug-likeness (QED) is 0.398. The second kappa shape index (κ2) is 8.76. The average molecular weight is 302 g/mol. The lowest BCUT2D eigenvalue weighted by molar-refractivity contribution is 0.136. The van der Waals surface area contributed by atoms with Gasteiger partial charge in [-0.05, 0) is 63.2 Å². The van der Waals surface area contributed by atoms with Crippen molar-refractivity contribution in [3.05, 3.63) is 12.2 Å². The highest BCUT2D eigenvalue weighted by Gasteiger charge is 2.36. The molecule has 0 spiro atoms. The largest absolute Gasteiger partial charge is 0.197 e. The predicted molar refractivity (Wildman–Crippen MR) is 94.4 cm³/mol. The van der Waals surface area contributed by atoms with E-state index < -0.39 is 0 Å². The van der Waals surface area contributed by atoms with Crippen molar-refractivity contribution in [1.29, 1.82) is 5.26 Å². The summed E-state index contributed by atoms with van der Waals surface area (Å²) in [5, 5.41) is 9.51. The Labute approximate surface area is 138 Å². The van der Waals surface area contributed by atoms with E-state index in [1.165, 1.54) is 64.2 Å². The van der Waals surface area contributed by atoms with E-state index in [2.05, 4.69) is 25.1 Å². The molecule has 2 fully saturated rings. The summed E-state index contributed by atoms with van der Waals surface area (Å²) in [6.07, 6.45) is 20.6. The molecule has 0 radical (unpaired) electrons. The molecule has 0 aromatic heterocycles. The van der Waals surface area contributed by atoms with Crippen molar-refractivity contribution in [3.8, 4) is 6.07 Å². The summed E-state index contributed by atoms with van der Waals surface area (Å²) >= 11 is 0. The van der Waals surface area contributed by atoms with Gasteiger partial charge in [0.1, 0.15) is 0 Å². The van der Waals surface area contributed by atoms with Crippen LogP contribution in [0.25, 0.3) is 0 Å². The van der Waals surface area contributed by atoms with Gasteiger partial charge in [-0.1, -0.05) is 57.6 Å². The summed E-state index contributed by atoms with van der Waals surface area (Å²) in [6.45, 7) is 4.35. The molecule has 0 aromatic carbocycles. The SMILES string of the molecule is CC=CC1(C#N)CCC(C2CCC(CCCCC)CC2)CC1. The van der Waals surface area contributed by atoms with E-state index in [1.807, 2.05) is 6.92 Å². The molecule has 2 rings (SSSR count). The second-order valence-electron chi connectivity index (χ2n) is 7.88. The molecule has 2 saturated carbocycles. The Morgan fingerprint density at radius 3 is 2.18 bits per heavy atom. The lowest BCUT2D eigenvalue weighted by Gasteiger charge is -2.39. The molecule has 1 nitrogen and oxygen atoms in total. The van der Waals surface area contributed by atoms with Gasteiger partial charge >= 0.3 is 0 Å². The van der Waals surface area contributed by atoms with Crippen LogP contribution in [0.2, 0.25) is 0 Å². The topological polar surface area (TPSA) is 23.8 Å². The lowest BCUT2D eigenvalue weighted by Crippen LogP contribution is -2.30. The Kier molecular flexibility index (Phi) is 7.00. The first-order valence-corrected chi connectivity index (χ1v) is 9.78. The molecular weight excluding hydrogens is 266 g/mol. The van der Waals surface area contributed by atoms with Crippen LogP contribution in [0.15, 0.2) is 12.2 Å². The molecule has 0 bridgehead atoms. The molecule has 0 amide bonds. The van der Waals surface area contributed by atoms with E-state index >= 15 is 0 Å². The van der Waals surface area contributed by atoms with E-state index in [-0.39, 0.29) is 5.41 Å². The van der Waals surface area contributed by atoms with Gasteiger partial charge in [0.2, 0.25) is 0 Å². The molecule has 0 unspecified atom stereocenters. The fourth-order valence-electron chi connectivity index (χ4n) is 4.89. The fraction of sp³-hybridized carbons (Fsp3) is 0.857. The summed E-state index contributed by atoms with van der Waals surface area (Å²) in [5.74, 6) is 2.89. The first-order valence-electron chi connectivity index (χ1n) is 9.78. The number of rotatable bonds is 6. The summed E-state index contributed by atoms with van der Waals surface area (Å²) in [7, 11) is 0. The van der Waals surface area contributed by atoms with Gasteiger partial charge in [-0.2, -0.15) is 5.26 Å².